The molecule has 0 aliphatic carbocycles. The number of nitrogens with zero attached hydrogens (tertiary/aromatic N) is 1. The minimum absolute atomic E-state index is 0.150. The van der Waals surface area contributed by atoms with Gasteiger partial charge in [-0.3, -0.25) is 9.59 Å². The van der Waals surface area contributed by atoms with Gasteiger partial charge in [0.05, 0.1) is 6.54 Å². The van der Waals surface area contributed by atoms with E-state index in [1.165, 1.54) is 7.05 Å². The predicted octanol–water partition coefficient (Wildman–Crippen LogP) is 3.75. The van der Waals surface area contributed by atoms with Gasteiger partial charge in [-0.1, -0.05) is 15.9 Å². The van der Waals surface area contributed by atoms with E-state index in [-0.39, 0.29) is 12.1 Å². The zero-order valence-electron chi connectivity index (χ0n) is 13.1. The highest BCUT2D eigenvalue weighted by Crippen LogP contribution is 2.20. The fraction of sp³-hybridized carbons (Fsp3) is 0.176. The Morgan fingerprint density at radius 3 is 2.33 bits per heavy atom. The van der Waals surface area contributed by atoms with E-state index in [0.29, 0.717) is 11.8 Å². The summed E-state index contributed by atoms with van der Waals surface area (Å²) < 4.78 is 27.3. The summed E-state index contributed by atoms with van der Waals surface area (Å²) >= 11 is 3.33. The average molecular weight is 397 g/mol. The monoisotopic (exact) mass is 396 g/mol. The van der Waals surface area contributed by atoms with Gasteiger partial charge in [0.1, 0.15) is 11.6 Å². The Morgan fingerprint density at radius 1 is 1.12 bits per heavy atom. The Morgan fingerprint density at radius 2 is 1.75 bits per heavy atom. The van der Waals surface area contributed by atoms with Crippen molar-refractivity contribution in [2.24, 2.45) is 0 Å². The van der Waals surface area contributed by atoms with Gasteiger partial charge in [-0.15, -0.1) is 0 Å². The lowest BCUT2D eigenvalue weighted by Crippen LogP contribution is -2.35. The van der Waals surface area contributed by atoms with E-state index in [1.807, 2.05) is 13.0 Å². The van der Waals surface area contributed by atoms with Gasteiger partial charge < -0.3 is 10.2 Å². The molecule has 0 aliphatic rings. The molecule has 0 fully saturated rings. The molecule has 2 aromatic rings. The van der Waals surface area contributed by atoms with Crippen molar-refractivity contribution in [1.82, 2.24) is 4.90 Å². The van der Waals surface area contributed by atoms with Crippen LogP contribution in [0.1, 0.15) is 15.9 Å². The quantitative estimate of drug-likeness (QED) is 0.855. The first-order valence-electron chi connectivity index (χ1n) is 7.04. The minimum atomic E-state index is -0.846. The number of anilines is 1. The van der Waals surface area contributed by atoms with Crippen LogP contribution in [-0.4, -0.2) is 30.3 Å². The number of hydrogen-bond acceptors (Lipinski definition) is 2. The van der Waals surface area contributed by atoms with Crippen molar-refractivity contribution < 1.29 is 18.4 Å². The van der Waals surface area contributed by atoms with Crippen molar-refractivity contribution in [1.29, 1.82) is 0 Å². The lowest BCUT2D eigenvalue weighted by molar-refractivity contribution is -0.116. The van der Waals surface area contributed by atoms with Gasteiger partial charge in [0.15, 0.2) is 0 Å². The Bertz CT molecular complexity index is 776. The van der Waals surface area contributed by atoms with Gasteiger partial charge in [-0.2, -0.15) is 0 Å². The van der Waals surface area contributed by atoms with E-state index in [2.05, 4.69) is 21.2 Å². The second kappa shape index (κ2) is 7.53. The number of rotatable bonds is 4. The third-order valence-electron chi connectivity index (χ3n) is 3.30. The van der Waals surface area contributed by atoms with E-state index in [0.717, 1.165) is 27.1 Å². The summed E-state index contributed by atoms with van der Waals surface area (Å²) in [6.45, 7) is 1.59. The van der Waals surface area contributed by atoms with Gasteiger partial charge in [-0.25, -0.2) is 8.78 Å². The van der Waals surface area contributed by atoms with Crippen LogP contribution in [0, 0.1) is 18.6 Å². The number of benzene rings is 2. The summed E-state index contributed by atoms with van der Waals surface area (Å²) in [5.74, 6) is -2.74. The summed E-state index contributed by atoms with van der Waals surface area (Å²) in [6.07, 6.45) is 0. The van der Waals surface area contributed by atoms with E-state index >= 15 is 0 Å². The lowest BCUT2D eigenvalue weighted by atomic mass is 10.2. The summed E-state index contributed by atoms with van der Waals surface area (Å²) in [6, 6.07) is 7.91. The first-order chi connectivity index (χ1) is 11.3. The number of nitrogens with one attached hydrogen (secondary N) is 1. The van der Waals surface area contributed by atoms with Gasteiger partial charge in [-0.05, 0) is 42.8 Å². The molecule has 0 spiro atoms. The highest BCUT2D eigenvalue weighted by Gasteiger charge is 2.17. The molecule has 0 aromatic heterocycles. The third kappa shape index (κ3) is 4.61. The molecule has 4 nitrogen and oxygen atoms in total. The van der Waals surface area contributed by atoms with Crippen LogP contribution in [0.3, 0.4) is 0 Å². The minimum Gasteiger partial charge on any atom is -0.332 e. The van der Waals surface area contributed by atoms with Crippen LogP contribution in [0.5, 0.6) is 0 Å². The highest BCUT2D eigenvalue weighted by molar-refractivity contribution is 9.10. The number of carbonyl (C=O) groups is 2. The molecule has 0 radical (unpaired) electrons. The van der Waals surface area contributed by atoms with Crippen LogP contribution in [0.25, 0.3) is 0 Å². The molecule has 0 atom stereocenters. The Labute approximate surface area is 146 Å². The molecule has 1 N–H and O–H groups in total. The van der Waals surface area contributed by atoms with Crippen LogP contribution in [0.4, 0.5) is 14.5 Å². The number of hydrogen-bond donors (Lipinski definition) is 1. The van der Waals surface area contributed by atoms with E-state index in [1.54, 1.807) is 12.1 Å². The van der Waals surface area contributed by atoms with E-state index in [9.17, 15) is 18.4 Å². The van der Waals surface area contributed by atoms with Crippen molar-refractivity contribution in [2.75, 3.05) is 18.9 Å². The second-order valence-electron chi connectivity index (χ2n) is 5.33. The topological polar surface area (TPSA) is 49.4 Å². The first-order valence-corrected chi connectivity index (χ1v) is 7.83. The Kier molecular flexibility index (Phi) is 5.66. The van der Waals surface area contributed by atoms with Gasteiger partial charge >= 0.3 is 0 Å². The summed E-state index contributed by atoms with van der Waals surface area (Å²) in [5.41, 5.74) is 1.34. The SMILES string of the molecule is Cc1cc(Br)ccc1NC(=O)CN(C)C(=O)c1cc(F)cc(F)c1. The standard InChI is InChI=1S/C17H15BrF2N2O2/c1-10-5-12(18)3-4-15(10)21-16(23)9-22(2)17(24)11-6-13(19)8-14(20)7-11/h3-8H,9H2,1-2H3,(H,21,23). The molecule has 0 bridgehead atoms. The van der Waals surface area contributed by atoms with Crippen molar-refractivity contribution in [3.8, 4) is 0 Å². The van der Waals surface area contributed by atoms with Gasteiger partial charge in [0, 0.05) is 28.8 Å². The van der Waals surface area contributed by atoms with Crippen molar-refractivity contribution in [3.05, 3.63) is 63.6 Å². The van der Waals surface area contributed by atoms with E-state index < -0.39 is 23.4 Å². The predicted molar refractivity (Wildman–Crippen MR) is 90.8 cm³/mol. The molecule has 0 saturated heterocycles. The number of amides is 2. The molecular weight excluding hydrogens is 382 g/mol. The van der Waals surface area contributed by atoms with Crippen molar-refractivity contribution in [3.63, 3.8) is 0 Å². The maximum Gasteiger partial charge on any atom is 0.254 e. The zero-order chi connectivity index (χ0) is 17.9. The maximum atomic E-state index is 13.2. The van der Waals surface area contributed by atoms with Crippen molar-refractivity contribution in [2.45, 2.75) is 6.92 Å². The van der Waals surface area contributed by atoms with Crippen LogP contribution in [0.2, 0.25) is 0 Å². The third-order valence-corrected chi connectivity index (χ3v) is 3.79. The van der Waals surface area contributed by atoms with Crippen LogP contribution < -0.4 is 5.32 Å². The zero-order valence-corrected chi connectivity index (χ0v) is 14.7. The van der Waals surface area contributed by atoms with E-state index in [4.69, 9.17) is 0 Å². The molecule has 0 aliphatic heterocycles. The Hall–Kier alpha value is -2.28. The van der Waals surface area contributed by atoms with Crippen LogP contribution in [0.15, 0.2) is 40.9 Å². The fourth-order valence-corrected chi connectivity index (χ4v) is 2.62. The smallest absolute Gasteiger partial charge is 0.254 e. The fourth-order valence-electron chi connectivity index (χ4n) is 2.14. The lowest BCUT2D eigenvalue weighted by Gasteiger charge is -2.17. The molecule has 7 heteroatoms. The van der Waals surface area contributed by atoms with Crippen LogP contribution >= 0.6 is 15.9 Å². The summed E-state index contributed by atoms with van der Waals surface area (Å²) in [7, 11) is 1.39. The largest absolute Gasteiger partial charge is 0.332 e. The molecule has 126 valence electrons. The second-order valence-corrected chi connectivity index (χ2v) is 6.24. The molecule has 0 heterocycles. The molecule has 2 aromatic carbocycles. The maximum absolute atomic E-state index is 13.2. The molecule has 2 rings (SSSR count). The Balaban J connectivity index is 2.04. The number of halogens is 3. The number of aryl methyl sites for hydroxylation is 1. The van der Waals surface area contributed by atoms with Gasteiger partial charge in [0.2, 0.25) is 5.91 Å². The molecule has 2 amide bonds. The summed E-state index contributed by atoms with van der Waals surface area (Å²) in [5, 5.41) is 2.70. The number of carbonyl (C=O) groups excluding carboxylic acids is 2. The molecule has 24 heavy (non-hydrogen) atoms. The van der Waals surface area contributed by atoms with Crippen molar-refractivity contribution >= 4 is 33.4 Å². The highest BCUT2D eigenvalue weighted by atomic mass is 79.9. The first kappa shape index (κ1) is 18.1. The van der Waals surface area contributed by atoms with Crippen LogP contribution in [-0.2, 0) is 4.79 Å². The normalized spacial score (nSPS) is 10.4. The molecular formula is C17H15BrF2N2O2. The van der Waals surface area contributed by atoms with Gasteiger partial charge in [0.25, 0.3) is 5.91 Å². The average Bonchev–Trinajstić information content (AvgIpc) is 2.48. The molecule has 0 unspecified atom stereocenters. The molecule has 0 saturated carbocycles. The summed E-state index contributed by atoms with van der Waals surface area (Å²) in [4.78, 5) is 25.3. The number of likely N-dealkylation sites (N-methyl/N-ethyl adjacent to an activating group) is 1.